The Kier molecular flexibility index (Phi) is 10.2. The van der Waals surface area contributed by atoms with Crippen LogP contribution in [0.15, 0.2) is 35.4 Å². The molecule has 0 saturated carbocycles. The van der Waals surface area contributed by atoms with Crippen LogP contribution in [0.1, 0.15) is 31.4 Å². The molecule has 0 bridgehead atoms. The van der Waals surface area contributed by atoms with Crippen molar-refractivity contribution in [3.63, 3.8) is 0 Å². The fraction of sp³-hybridized carbons (Fsp3) is 0.364. The van der Waals surface area contributed by atoms with Gasteiger partial charge in [0.15, 0.2) is 5.11 Å². The molecule has 0 spiro atoms. The second-order valence-corrected chi connectivity index (χ2v) is 7.72. The van der Waals surface area contributed by atoms with Crippen LogP contribution in [0.3, 0.4) is 0 Å². The fourth-order valence-electron chi connectivity index (χ4n) is 3.34. The average molecular weight is 486 g/mol. The second-order valence-electron chi connectivity index (χ2n) is 6.88. The Labute approximate surface area is 197 Å². The molecule has 0 atom stereocenters. The molecule has 0 aromatic heterocycles. The third-order valence-electron chi connectivity index (χ3n) is 4.82. The Morgan fingerprint density at radius 2 is 1.88 bits per heavy atom. The summed E-state index contributed by atoms with van der Waals surface area (Å²) in [5.41, 5.74) is 8.13. The maximum absolute atomic E-state index is 14.7. The van der Waals surface area contributed by atoms with Gasteiger partial charge in [-0.3, -0.25) is 10.3 Å². The molecule has 1 fully saturated rings. The van der Waals surface area contributed by atoms with Gasteiger partial charge in [-0.15, -0.1) is 0 Å². The van der Waals surface area contributed by atoms with Crippen molar-refractivity contribution in [1.29, 1.82) is 0 Å². The van der Waals surface area contributed by atoms with Gasteiger partial charge in [0.1, 0.15) is 17.5 Å². The van der Waals surface area contributed by atoms with Crippen molar-refractivity contribution in [2.24, 2.45) is 10.8 Å². The van der Waals surface area contributed by atoms with Gasteiger partial charge in [0, 0.05) is 54.9 Å². The summed E-state index contributed by atoms with van der Waals surface area (Å²) in [6, 6.07) is 6.84. The summed E-state index contributed by atoms with van der Waals surface area (Å²) in [7, 11) is 0. The van der Waals surface area contributed by atoms with Crippen LogP contribution in [0.2, 0.25) is 5.02 Å². The topological polar surface area (TPSA) is 56.9 Å². The van der Waals surface area contributed by atoms with Crippen molar-refractivity contribution in [1.82, 2.24) is 10.3 Å². The van der Waals surface area contributed by atoms with Crippen molar-refractivity contribution in [2.75, 3.05) is 31.1 Å². The lowest BCUT2D eigenvalue weighted by atomic mass is 10.1. The second kappa shape index (κ2) is 12.6. The summed E-state index contributed by atoms with van der Waals surface area (Å²) in [5.74, 6) is -1.52. The molecular weight excluding hydrogens is 459 g/mol. The Morgan fingerprint density at radius 3 is 2.56 bits per heavy atom. The molecule has 1 heterocycles. The monoisotopic (exact) mass is 485 g/mol. The van der Waals surface area contributed by atoms with Gasteiger partial charge in [-0.2, -0.15) is 5.10 Å². The number of hydrogen-bond acceptors (Lipinski definition) is 4. The molecule has 0 aliphatic carbocycles. The van der Waals surface area contributed by atoms with Gasteiger partial charge in [-0.25, -0.2) is 13.2 Å². The number of nitrogens with two attached hydrogens (primary N) is 1. The molecule has 1 aliphatic heterocycles. The maximum atomic E-state index is 14.7. The van der Waals surface area contributed by atoms with E-state index < -0.39 is 11.6 Å². The van der Waals surface area contributed by atoms with Crippen LogP contribution < -0.4 is 16.1 Å². The number of anilines is 1. The number of hydrogen-bond donors (Lipinski definition) is 2. The Morgan fingerprint density at radius 1 is 1.12 bits per heavy atom. The lowest BCUT2D eigenvalue weighted by molar-refractivity contribution is 0.281. The molecule has 2 aromatic rings. The van der Waals surface area contributed by atoms with Crippen LogP contribution in [0.25, 0.3) is 0 Å². The highest BCUT2D eigenvalue weighted by Crippen LogP contribution is 2.25. The molecule has 0 amide bonds. The molecule has 2 aromatic carbocycles. The van der Waals surface area contributed by atoms with E-state index in [0.29, 0.717) is 49.7 Å². The molecule has 10 heteroatoms. The van der Waals surface area contributed by atoms with E-state index in [0.717, 1.165) is 18.3 Å². The summed E-state index contributed by atoms with van der Waals surface area (Å²) in [6.45, 7) is 6.64. The highest BCUT2D eigenvalue weighted by atomic mass is 35.5. The first-order valence-corrected chi connectivity index (χ1v) is 11.1. The lowest BCUT2D eigenvalue weighted by Crippen LogP contribution is -2.31. The van der Waals surface area contributed by atoms with Gasteiger partial charge in [-0.1, -0.05) is 31.5 Å². The summed E-state index contributed by atoms with van der Waals surface area (Å²) in [4.78, 5) is 3.84. The zero-order chi connectivity index (χ0) is 23.7. The SMILES string of the molecule is CC.NC(=S)N/N=C/c1cc(F)c(N2CCCN(Cc3c(F)cccc3Cl)CC2)cc1F. The Hall–Kier alpha value is -2.36. The van der Waals surface area contributed by atoms with Crippen molar-refractivity contribution in [3.8, 4) is 0 Å². The highest BCUT2D eigenvalue weighted by Gasteiger charge is 2.21. The van der Waals surface area contributed by atoms with Crippen molar-refractivity contribution < 1.29 is 13.2 Å². The number of hydrazone groups is 1. The maximum Gasteiger partial charge on any atom is 0.184 e. The summed E-state index contributed by atoms with van der Waals surface area (Å²) in [6.07, 6.45) is 1.83. The first-order chi connectivity index (χ1) is 15.3. The zero-order valence-electron chi connectivity index (χ0n) is 18.0. The number of halogens is 4. The molecule has 3 N–H and O–H groups in total. The van der Waals surface area contributed by atoms with E-state index >= 15 is 0 Å². The van der Waals surface area contributed by atoms with Crippen molar-refractivity contribution >= 4 is 40.8 Å². The first kappa shape index (κ1) is 25.9. The minimum Gasteiger partial charge on any atom is -0.375 e. The third-order valence-corrected chi connectivity index (χ3v) is 5.26. The normalized spacial score (nSPS) is 14.6. The van der Waals surface area contributed by atoms with E-state index in [1.165, 1.54) is 6.07 Å². The van der Waals surface area contributed by atoms with E-state index in [2.05, 4.69) is 27.6 Å². The minimum absolute atomic E-state index is 0.0226. The average Bonchev–Trinajstić information content (AvgIpc) is 3.00. The van der Waals surface area contributed by atoms with Crippen LogP contribution >= 0.6 is 23.8 Å². The van der Waals surface area contributed by atoms with Crippen LogP contribution in [0.5, 0.6) is 0 Å². The number of nitrogens with zero attached hydrogens (tertiary/aromatic N) is 3. The van der Waals surface area contributed by atoms with Crippen LogP contribution in [-0.4, -0.2) is 42.4 Å². The predicted molar refractivity (Wildman–Crippen MR) is 129 cm³/mol. The molecule has 0 unspecified atom stereocenters. The first-order valence-electron chi connectivity index (χ1n) is 10.3. The van der Waals surface area contributed by atoms with Crippen LogP contribution in [-0.2, 0) is 6.54 Å². The predicted octanol–water partition coefficient (Wildman–Crippen LogP) is 4.66. The number of benzene rings is 2. The van der Waals surface area contributed by atoms with E-state index in [9.17, 15) is 13.2 Å². The standard InChI is InChI=1S/C20H21ClF3N5S.C2H6/c21-15-3-1-4-16(22)14(15)12-28-5-2-6-29(8-7-28)19-10-17(23)13(9-18(19)24)11-26-27-20(25)30;1-2/h1,3-4,9-11H,2,5-8,12H2,(H3,25,27,30);1-2H3/b26-11+;. The summed E-state index contributed by atoms with van der Waals surface area (Å²) < 4.78 is 43.2. The van der Waals surface area contributed by atoms with Crippen LogP contribution in [0, 0.1) is 17.5 Å². The van der Waals surface area contributed by atoms with E-state index in [1.54, 1.807) is 17.0 Å². The van der Waals surface area contributed by atoms with Gasteiger partial charge in [0.2, 0.25) is 0 Å². The molecule has 1 aliphatic rings. The molecule has 3 rings (SSSR count). The molecule has 5 nitrogen and oxygen atoms in total. The third kappa shape index (κ3) is 7.08. The lowest BCUT2D eigenvalue weighted by Gasteiger charge is -2.24. The van der Waals surface area contributed by atoms with Crippen molar-refractivity contribution in [3.05, 3.63) is 63.9 Å². The summed E-state index contributed by atoms with van der Waals surface area (Å²) >= 11 is 10.7. The molecule has 0 radical (unpaired) electrons. The quantitative estimate of drug-likeness (QED) is 0.366. The van der Waals surface area contributed by atoms with Gasteiger partial charge < -0.3 is 10.6 Å². The Balaban J connectivity index is 0.00000176. The number of rotatable bonds is 5. The van der Waals surface area contributed by atoms with Gasteiger partial charge >= 0.3 is 0 Å². The van der Waals surface area contributed by atoms with Crippen LogP contribution in [0.4, 0.5) is 18.9 Å². The largest absolute Gasteiger partial charge is 0.375 e. The molecule has 32 heavy (non-hydrogen) atoms. The van der Waals surface area contributed by atoms with Gasteiger partial charge in [0.25, 0.3) is 0 Å². The highest BCUT2D eigenvalue weighted by molar-refractivity contribution is 7.80. The number of thiocarbonyl (C=S) groups is 1. The van der Waals surface area contributed by atoms with Gasteiger partial charge in [-0.05, 0) is 36.8 Å². The molecule has 1 saturated heterocycles. The van der Waals surface area contributed by atoms with Gasteiger partial charge in [0.05, 0.1) is 11.9 Å². The zero-order valence-corrected chi connectivity index (χ0v) is 19.6. The smallest absolute Gasteiger partial charge is 0.184 e. The minimum atomic E-state index is -0.612. The van der Waals surface area contributed by atoms with E-state index in [1.807, 2.05) is 13.8 Å². The molecular formula is C22H27ClF3N5S. The number of nitrogens with one attached hydrogen (secondary N) is 1. The summed E-state index contributed by atoms with van der Waals surface area (Å²) in [5, 5.41) is 3.96. The van der Waals surface area contributed by atoms with E-state index in [-0.39, 0.29) is 22.2 Å². The fourth-order valence-corrected chi connectivity index (χ4v) is 3.61. The van der Waals surface area contributed by atoms with E-state index in [4.69, 9.17) is 17.3 Å². The van der Waals surface area contributed by atoms with Crippen molar-refractivity contribution in [2.45, 2.75) is 26.8 Å². The molecule has 174 valence electrons. The Bertz CT molecular complexity index is 937.